The molecule has 1 aliphatic carbocycles. The highest BCUT2D eigenvalue weighted by molar-refractivity contribution is 5.79. The number of carboxylic acids is 1. The first-order valence-corrected chi connectivity index (χ1v) is 11.1. The summed E-state index contributed by atoms with van der Waals surface area (Å²) >= 11 is 0. The van der Waals surface area contributed by atoms with Gasteiger partial charge in [-0.1, -0.05) is 66.7 Å². The van der Waals surface area contributed by atoms with E-state index in [4.69, 9.17) is 14.6 Å². The second kappa shape index (κ2) is 13.1. The lowest BCUT2D eigenvalue weighted by Gasteiger charge is -2.29. The molecule has 0 saturated heterocycles. The molecule has 1 fully saturated rings. The molecule has 0 aliphatic heterocycles. The summed E-state index contributed by atoms with van der Waals surface area (Å²) in [6.07, 6.45) is 7.07. The normalized spacial score (nSPS) is 19.1. The smallest absolute Gasteiger partial charge is 0.328 e. The molecule has 166 valence electrons. The highest BCUT2D eigenvalue weighted by Gasteiger charge is 2.22. The third kappa shape index (κ3) is 9.05. The van der Waals surface area contributed by atoms with Gasteiger partial charge >= 0.3 is 5.97 Å². The Hall–Kier alpha value is -2.47. The maximum absolute atomic E-state index is 10.5. The first-order valence-electron chi connectivity index (χ1n) is 11.1. The third-order valence-corrected chi connectivity index (χ3v) is 5.57. The van der Waals surface area contributed by atoms with Crippen LogP contribution in [0, 0.1) is 0 Å². The molecule has 5 nitrogen and oxygen atoms in total. The molecule has 0 aromatic heterocycles. The molecule has 5 heteroatoms. The largest absolute Gasteiger partial charge is 0.478 e. The first-order chi connectivity index (χ1) is 15.2. The molecular weight excluding hydrogens is 390 g/mol. The number of aliphatic carboxylic acids is 1. The molecule has 0 atom stereocenters. The summed E-state index contributed by atoms with van der Waals surface area (Å²) in [7, 11) is 0. The van der Waals surface area contributed by atoms with Crippen molar-refractivity contribution >= 4 is 5.97 Å². The van der Waals surface area contributed by atoms with Crippen molar-refractivity contribution in [2.24, 2.45) is 0 Å². The number of carbonyl (C=O) groups is 1. The van der Waals surface area contributed by atoms with E-state index in [2.05, 4.69) is 65.6 Å². The van der Waals surface area contributed by atoms with Crippen LogP contribution in [-0.4, -0.2) is 47.9 Å². The van der Waals surface area contributed by atoms with E-state index in [1.807, 2.05) is 0 Å². The predicted molar refractivity (Wildman–Crippen MR) is 122 cm³/mol. The van der Waals surface area contributed by atoms with Crippen molar-refractivity contribution < 1.29 is 19.4 Å². The monoisotopic (exact) mass is 423 g/mol. The summed E-state index contributed by atoms with van der Waals surface area (Å²) in [4.78, 5) is 12.9. The number of ether oxygens (including phenoxy) is 2. The van der Waals surface area contributed by atoms with Crippen LogP contribution in [0.15, 0.2) is 72.8 Å². The number of nitrogens with zero attached hydrogens (tertiary/aromatic N) is 1. The quantitative estimate of drug-likeness (QED) is 0.503. The average Bonchev–Trinajstić information content (AvgIpc) is 2.79. The van der Waals surface area contributed by atoms with Crippen LogP contribution >= 0.6 is 0 Å². The fourth-order valence-corrected chi connectivity index (χ4v) is 3.95. The summed E-state index contributed by atoms with van der Waals surface area (Å²) in [6.45, 7) is 3.78. The number of rotatable bonds is 12. The van der Waals surface area contributed by atoms with Crippen molar-refractivity contribution in [1.29, 1.82) is 0 Å². The molecule has 1 saturated carbocycles. The Balaban J connectivity index is 1.40. The van der Waals surface area contributed by atoms with Gasteiger partial charge < -0.3 is 14.6 Å². The second-order valence-electron chi connectivity index (χ2n) is 8.03. The maximum atomic E-state index is 10.5. The van der Waals surface area contributed by atoms with Gasteiger partial charge in [0, 0.05) is 25.7 Å². The van der Waals surface area contributed by atoms with E-state index in [9.17, 15) is 4.79 Å². The second-order valence-corrected chi connectivity index (χ2v) is 8.03. The van der Waals surface area contributed by atoms with Gasteiger partial charge in [-0.2, -0.15) is 0 Å². The molecular formula is C26H33NO4. The minimum Gasteiger partial charge on any atom is -0.478 e. The van der Waals surface area contributed by atoms with Gasteiger partial charge in [-0.15, -0.1) is 0 Å². The molecule has 0 spiro atoms. The fraction of sp³-hybridized carbons (Fsp3) is 0.423. The standard InChI is InChI=1S/C26H33NO4/c28-26(29)12-7-18-30-24-13-15-25(16-14-24)31-19-17-27(20-22-8-3-1-4-9-22)21-23-10-5-2-6-11-23/h1-12,24-25H,13-21H2,(H,28,29)/b12-7+/t24-,25-. The van der Waals surface area contributed by atoms with Gasteiger partial charge in [0.1, 0.15) is 0 Å². The predicted octanol–water partition coefficient (Wildman–Crippen LogP) is 4.67. The van der Waals surface area contributed by atoms with Crippen molar-refractivity contribution in [2.45, 2.75) is 51.0 Å². The third-order valence-electron chi connectivity index (χ3n) is 5.57. The van der Waals surface area contributed by atoms with Crippen LogP contribution < -0.4 is 0 Å². The van der Waals surface area contributed by atoms with Crippen LogP contribution in [-0.2, 0) is 27.4 Å². The maximum Gasteiger partial charge on any atom is 0.328 e. The molecule has 1 aliphatic rings. The van der Waals surface area contributed by atoms with Gasteiger partial charge in [0.15, 0.2) is 0 Å². The van der Waals surface area contributed by atoms with Crippen molar-refractivity contribution in [1.82, 2.24) is 4.90 Å². The lowest BCUT2D eigenvalue weighted by molar-refractivity contribution is -0.131. The molecule has 0 amide bonds. The lowest BCUT2D eigenvalue weighted by Crippen LogP contribution is -2.31. The molecule has 31 heavy (non-hydrogen) atoms. The van der Waals surface area contributed by atoms with Crippen molar-refractivity contribution in [3.63, 3.8) is 0 Å². The average molecular weight is 424 g/mol. The van der Waals surface area contributed by atoms with Crippen molar-refractivity contribution in [2.75, 3.05) is 19.8 Å². The number of hydrogen-bond acceptors (Lipinski definition) is 4. The van der Waals surface area contributed by atoms with Gasteiger partial charge in [-0.25, -0.2) is 4.79 Å². The summed E-state index contributed by atoms with van der Waals surface area (Å²) in [5.41, 5.74) is 2.63. The number of hydrogen-bond donors (Lipinski definition) is 1. The minimum atomic E-state index is -0.936. The minimum absolute atomic E-state index is 0.200. The van der Waals surface area contributed by atoms with E-state index in [0.29, 0.717) is 6.61 Å². The van der Waals surface area contributed by atoms with Crippen LogP contribution in [0.5, 0.6) is 0 Å². The van der Waals surface area contributed by atoms with E-state index >= 15 is 0 Å². The van der Waals surface area contributed by atoms with Crippen LogP contribution in [0.25, 0.3) is 0 Å². The van der Waals surface area contributed by atoms with Crippen LogP contribution in [0.3, 0.4) is 0 Å². The molecule has 2 aromatic carbocycles. The zero-order chi connectivity index (χ0) is 21.7. The molecule has 0 heterocycles. The summed E-state index contributed by atoms with van der Waals surface area (Å²) in [6, 6.07) is 21.1. The fourth-order valence-electron chi connectivity index (χ4n) is 3.95. The van der Waals surface area contributed by atoms with Crippen LogP contribution in [0.4, 0.5) is 0 Å². The topological polar surface area (TPSA) is 59.0 Å². The van der Waals surface area contributed by atoms with Gasteiger partial charge in [0.25, 0.3) is 0 Å². The number of carboxylic acid groups (broad SMARTS) is 1. The molecule has 0 unspecified atom stereocenters. The van der Waals surface area contributed by atoms with Gasteiger partial charge in [-0.05, 0) is 36.8 Å². The Morgan fingerprint density at radius 3 is 1.90 bits per heavy atom. The lowest BCUT2D eigenvalue weighted by atomic mass is 9.95. The van der Waals surface area contributed by atoms with E-state index in [-0.39, 0.29) is 12.2 Å². The molecule has 1 N–H and O–H groups in total. The Bertz CT molecular complexity index is 744. The molecule has 0 radical (unpaired) electrons. The Morgan fingerprint density at radius 1 is 0.871 bits per heavy atom. The number of benzene rings is 2. The molecule has 0 bridgehead atoms. The SMILES string of the molecule is O=C(O)/C=C/CO[C@H]1CC[C@H](OCCN(Cc2ccccc2)Cc2ccccc2)CC1. The van der Waals surface area contributed by atoms with Gasteiger partial charge in [-0.3, -0.25) is 4.90 Å². The highest BCUT2D eigenvalue weighted by Crippen LogP contribution is 2.23. The zero-order valence-corrected chi connectivity index (χ0v) is 18.1. The zero-order valence-electron chi connectivity index (χ0n) is 18.1. The van der Waals surface area contributed by atoms with E-state index in [1.165, 1.54) is 11.1 Å². The van der Waals surface area contributed by atoms with Gasteiger partial charge in [0.2, 0.25) is 0 Å². The van der Waals surface area contributed by atoms with E-state index in [0.717, 1.165) is 58.0 Å². The van der Waals surface area contributed by atoms with E-state index < -0.39 is 5.97 Å². The van der Waals surface area contributed by atoms with Gasteiger partial charge in [0.05, 0.1) is 25.4 Å². The summed E-state index contributed by atoms with van der Waals surface area (Å²) < 4.78 is 11.9. The van der Waals surface area contributed by atoms with Crippen molar-refractivity contribution in [3.8, 4) is 0 Å². The Kier molecular flexibility index (Phi) is 9.77. The van der Waals surface area contributed by atoms with Crippen LogP contribution in [0.2, 0.25) is 0 Å². The molecule has 2 aromatic rings. The Morgan fingerprint density at radius 2 is 1.39 bits per heavy atom. The highest BCUT2D eigenvalue weighted by atomic mass is 16.5. The van der Waals surface area contributed by atoms with Crippen molar-refractivity contribution in [3.05, 3.63) is 83.9 Å². The summed E-state index contributed by atoms with van der Waals surface area (Å²) in [5.74, 6) is -0.936. The Labute approximate surface area is 185 Å². The van der Waals surface area contributed by atoms with Crippen LogP contribution in [0.1, 0.15) is 36.8 Å². The summed E-state index contributed by atoms with van der Waals surface area (Å²) in [5, 5.41) is 8.61. The first kappa shape index (κ1) is 23.2. The van der Waals surface area contributed by atoms with E-state index in [1.54, 1.807) is 6.08 Å². The molecule has 3 rings (SSSR count).